The Hall–Kier alpha value is -1.84. The molecule has 2 aromatic carbocycles. The van der Waals surface area contributed by atoms with E-state index in [1.54, 1.807) is 0 Å². The molecule has 0 amide bonds. The zero-order chi connectivity index (χ0) is 17.5. The van der Waals surface area contributed by atoms with Crippen molar-refractivity contribution in [3.8, 4) is 0 Å². The largest absolute Gasteiger partial charge is 0.399 e. The van der Waals surface area contributed by atoms with Gasteiger partial charge in [-0.3, -0.25) is 0 Å². The number of benzene rings is 2. The van der Waals surface area contributed by atoms with E-state index < -0.39 is 0 Å². The van der Waals surface area contributed by atoms with Gasteiger partial charge < -0.3 is 15.4 Å². The lowest BCUT2D eigenvalue weighted by atomic mass is 9.91. The predicted molar refractivity (Wildman–Crippen MR) is 102 cm³/mol. The third-order valence-electron chi connectivity index (χ3n) is 4.65. The zero-order valence-electron chi connectivity index (χ0n) is 15.4. The van der Waals surface area contributed by atoms with Crippen LogP contribution in [0.5, 0.6) is 0 Å². The van der Waals surface area contributed by atoms with Crippen molar-refractivity contribution < 1.29 is 4.74 Å². The summed E-state index contributed by atoms with van der Waals surface area (Å²) < 4.78 is 5.94. The van der Waals surface area contributed by atoms with Gasteiger partial charge in [-0.25, -0.2) is 0 Å². The molecule has 0 aliphatic carbocycles. The SMILES string of the molecule is CCN(C)CC.Cc1cc2c(cc1N)CCOC2c1ccccc1. The van der Waals surface area contributed by atoms with Gasteiger partial charge in [0.25, 0.3) is 0 Å². The van der Waals surface area contributed by atoms with Gasteiger partial charge >= 0.3 is 0 Å². The minimum atomic E-state index is 0.0502. The molecule has 3 nitrogen and oxygen atoms in total. The third-order valence-corrected chi connectivity index (χ3v) is 4.65. The second kappa shape index (κ2) is 8.86. The van der Waals surface area contributed by atoms with Gasteiger partial charge in [0.2, 0.25) is 0 Å². The first kappa shape index (κ1) is 18.5. The number of rotatable bonds is 3. The van der Waals surface area contributed by atoms with E-state index in [0.29, 0.717) is 0 Å². The molecule has 0 radical (unpaired) electrons. The van der Waals surface area contributed by atoms with Crippen molar-refractivity contribution in [2.45, 2.75) is 33.3 Å². The Balaban J connectivity index is 0.000000301. The van der Waals surface area contributed by atoms with Gasteiger partial charge in [-0.05, 0) is 61.8 Å². The Bertz CT molecular complexity index is 636. The number of anilines is 1. The number of nitrogens with two attached hydrogens (primary N) is 1. The minimum Gasteiger partial charge on any atom is -0.399 e. The van der Waals surface area contributed by atoms with Crippen LogP contribution in [0.3, 0.4) is 0 Å². The van der Waals surface area contributed by atoms with Crippen LogP contribution in [-0.2, 0) is 11.2 Å². The fraction of sp³-hybridized carbons (Fsp3) is 0.429. The zero-order valence-corrected chi connectivity index (χ0v) is 15.4. The van der Waals surface area contributed by atoms with Gasteiger partial charge in [-0.15, -0.1) is 0 Å². The van der Waals surface area contributed by atoms with Crippen molar-refractivity contribution in [3.63, 3.8) is 0 Å². The Kier molecular flexibility index (Phi) is 6.83. The normalized spacial score (nSPS) is 16.3. The van der Waals surface area contributed by atoms with E-state index in [1.807, 2.05) is 13.0 Å². The highest BCUT2D eigenvalue weighted by Gasteiger charge is 2.23. The first-order chi connectivity index (χ1) is 11.6. The van der Waals surface area contributed by atoms with E-state index in [2.05, 4.69) is 62.2 Å². The molecule has 1 aliphatic heterocycles. The monoisotopic (exact) mass is 326 g/mol. The van der Waals surface area contributed by atoms with Crippen LogP contribution in [0.4, 0.5) is 5.69 Å². The summed E-state index contributed by atoms with van der Waals surface area (Å²) in [6.45, 7) is 9.45. The van der Waals surface area contributed by atoms with E-state index >= 15 is 0 Å². The second-order valence-corrected chi connectivity index (χ2v) is 6.31. The molecule has 1 aliphatic rings. The Morgan fingerprint density at radius 1 is 1.12 bits per heavy atom. The number of ether oxygens (including phenoxy) is 1. The molecule has 0 saturated carbocycles. The smallest absolute Gasteiger partial charge is 0.108 e. The number of hydrogen-bond donors (Lipinski definition) is 1. The molecule has 1 atom stereocenters. The van der Waals surface area contributed by atoms with Crippen molar-refractivity contribution in [1.82, 2.24) is 4.90 Å². The van der Waals surface area contributed by atoms with E-state index in [-0.39, 0.29) is 6.10 Å². The van der Waals surface area contributed by atoms with Crippen LogP contribution >= 0.6 is 0 Å². The summed E-state index contributed by atoms with van der Waals surface area (Å²) in [6, 6.07) is 14.6. The predicted octanol–water partition coefficient (Wildman–Crippen LogP) is 4.20. The van der Waals surface area contributed by atoms with Crippen LogP contribution in [0.25, 0.3) is 0 Å². The van der Waals surface area contributed by atoms with Crippen LogP contribution in [0.15, 0.2) is 42.5 Å². The highest BCUT2D eigenvalue weighted by Crippen LogP contribution is 2.34. The quantitative estimate of drug-likeness (QED) is 0.859. The lowest BCUT2D eigenvalue weighted by Crippen LogP contribution is -2.18. The number of nitrogen functional groups attached to an aromatic ring is 1. The second-order valence-electron chi connectivity index (χ2n) is 6.31. The van der Waals surface area contributed by atoms with Crippen LogP contribution in [0, 0.1) is 6.92 Å². The van der Waals surface area contributed by atoms with Gasteiger partial charge in [0, 0.05) is 5.69 Å². The van der Waals surface area contributed by atoms with Crippen molar-refractivity contribution in [2.75, 3.05) is 32.5 Å². The molecule has 1 heterocycles. The van der Waals surface area contributed by atoms with Crippen molar-refractivity contribution in [1.29, 1.82) is 0 Å². The van der Waals surface area contributed by atoms with E-state index in [9.17, 15) is 0 Å². The van der Waals surface area contributed by atoms with Gasteiger partial charge in [0.1, 0.15) is 6.10 Å². The average molecular weight is 326 g/mol. The molecule has 0 aromatic heterocycles. The number of aryl methyl sites for hydroxylation is 1. The summed E-state index contributed by atoms with van der Waals surface area (Å²) in [5.74, 6) is 0. The van der Waals surface area contributed by atoms with Crippen LogP contribution < -0.4 is 5.73 Å². The molecule has 0 fully saturated rings. The molecular weight excluding hydrogens is 296 g/mol. The highest BCUT2D eigenvalue weighted by atomic mass is 16.5. The first-order valence-electron chi connectivity index (χ1n) is 8.80. The molecule has 0 bridgehead atoms. The van der Waals surface area contributed by atoms with E-state index in [0.717, 1.165) is 37.4 Å². The molecule has 3 heteroatoms. The molecule has 2 aromatic rings. The number of fused-ring (bicyclic) bond motifs is 1. The Labute approximate surface area is 146 Å². The summed E-state index contributed by atoms with van der Waals surface area (Å²) >= 11 is 0. The molecule has 2 N–H and O–H groups in total. The standard InChI is InChI=1S/C16H17NO.C5H13N/c1-11-9-14-13(10-15(11)17)7-8-18-16(14)12-5-3-2-4-6-12;1-4-6(3)5-2/h2-6,9-10,16H,7-8,17H2,1H3;4-5H2,1-3H3. The van der Waals surface area contributed by atoms with Gasteiger partial charge in [-0.2, -0.15) is 0 Å². The van der Waals surface area contributed by atoms with Crippen molar-refractivity contribution in [3.05, 3.63) is 64.7 Å². The summed E-state index contributed by atoms with van der Waals surface area (Å²) in [7, 11) is 2.11. The maximum absolute atomic E-state index is 5.99. The average Bonchev–Trinajstić information content (AvgIpc) is 2.63. The first-order valence-corrected chi connectivity index (χ1v) is 8.80. The lowest BCUT2D eigenvalue weighted by Gasteiger charge is -2.27. The maximum atomic E-state index is 5.99. The summed E-state index contributed by atoms with van der Waals surface area (Å²) in [5.41, 5.74) is 11.8. The molecule has 0 spiro atoms. The Morgan fingerprint density at radius 2 is 1.79 bits per heavy atom. The van der Waals surface area contributed by atoms with Crippen LogP contribution in [0.1, 0.15) is 42.2 Å². The molecule has 0 saturated heterocycles. The lowest BCUT2D eigenvalue weighted by molar-refractivity contribution is 0.0698. The topological polar surface area (TPSA) is 38.5 Å². The Morgan fingerprint density at radius 3 is 2.38 bits per heavy atom. The molecule has 3 rings (SSSR count). The molecule has 1 unspecified atom stereocenters. The summed E-state index contributed by atoms with van der Waals surface area (Å²) in [4.78, 5) is 2.25. The fourth-order valence-electron chi connectivity index (χ4n) is 2.76. The van der Waals surface area contributed by atoms with E-state index in [1.165, 1.54) is 16.7 Å². The number of hydrogen-bond acceptors (Lipinski definition) is 3. The van der Waals surface area contributed by atoms with Gasteiger partial charge in [-0.1, -0.05) is 50.2 Å². The van der Waals surface area contributed by atoms with Crippen LogP contribution in [0.2, 0.25) is 0 Å². The van der Waals surface area contributed by atoms with Gasteiger partial charge in [0.15, 0.2) is 0 Å². The minimum absolute atomic E-state index is 0.0502. The molecule has 24 heavy (non-hydrogen) atoms. The fourth-order valence-corrected chi connectivity index (χ4v) is 2.76. The summed E-state index contributed by atoms with van der Waals surface area (Å²) in [6.07, 6.45) is 0.998. The number of nitrogens with zero attached hydrogens (tertiary/aromatic N) is 1. The highest BCUT2D eigenvalue weighted by molar-refractivity contribution is 5.54. The van der Waals surface area contributed by atoms with Crippen molar-refractivity contribution in [2.24, 2.45) is 0 Å². The van der Waals surface area contributed by atoms with Crippen molar-refractivity contribution >= 4 is 5.69 Å². The summed E-state index contributed by atoms with van der Waals surface area (Å²) in [5, 5.41) is 0. The van der Waals surface area contributed by atoms with E-state index in [4.69, 9.17) is 10.5 Å². The van der Waals surface area contributed by atoms with Gasteiger partial charge in [0.05, 0.1) is 6.61 Å². The molecular formula is C21H30N2O. The maximum Gasteiger partial charge on any atom is 0.108 e. The molecule has 130 valence electrons. The van der Waals surface area contributed by atoms with Crippen LogP contribution in [-0.4, -0.2) is 31.6 Å². The third kappa shape index (κ3) is 4.59.